The van der Waals surface area contributed by atoms with Gasteiger partial charge in [0.25, 0.3) is 0 Å². The quantitative estimate of drug-likeness (QED) is 0.489. The van der Waals surface area contributed by atoms with E-state index in [0.29, 0.717) is 0 Å². The molecule has 0 saturated carbocycles. The van der Waals surface area contributed by atoms with E-state index in [9.17, 15) is 0 Å². The molecular formula is C11H11. The van der Waals surface area contributed by atoms with Crippen LogP contribution < -0.4 is 0 Å². The van der Waals surface area contributed by atoms with Crippen LogP contribution in [0.4, 0.5) is 0 Å². The Bertz CT molecular complexity index is 314. The Morgan fingerprint density at radius 2 is 2.00 bits per heavy atom. The van der Waals surface area contributed by atoms with Gasteiger partial charge >= 0.3 is 0 Å². The van der Waals surface area contributed by atoms with Crippen LogP contribution in [0.2, 0.25) is 0 Å². The number of benzene rings is 1. The van der Waals surface area contributed by atoms with Gasteiger partial charge in [-0.3, -0.25) is 0 Å². The Balaban J connectivity index is 3.44. The third-order valence-corrected chi connectivity index (χ3v) is 1.98. The molecular weight excluding hydrogens is 132 g/mol. The van der Waals surface area contributed by atoms with Crippen molar-refractivity contribution in [3.8, 4) is 12.3 Å². The van der Waals surface area contributed by atoms with Gasteiger partial charge in [0.1, 0.15) is 0 Å². The van der Waals surface area contributed by atoms with Crippen molar-refractivity contribution in [2.45, 2.75) is 20.8 Å². The summed E-state index contributed by atoms with van der Waals surface area (Å²) in [5, 5.41) is 0. The van der Waals surface area contributed by atoms with E-state index in [4.69, 9.17) is 6.42 Å². The molecule has 0 spiro atoms. The monoisotopic (exact) mass is 143 g/mol. The van der Waals surface area contributed by atoms with Gasteiger partial charge in [-0.05, 0) is 49.6 Å². The van der Waals surface area contributed by atoms with Crippen LogP contribution in [0.5, 0.6) is 0 Å². The van der Waals surface area contributed by atoms with Crippen LogP contribution in [0.3, 0.4) is 0 Å². The highest BCUT2D eigenvalue weighted by atomic mass is 14.0. The van der Waals surface area contributed by atoms with Crippen LogP contribution in [0.25, 0.3) is 0 Å². The average molecular weight is 143 g/mol. The van der Waals surface area contributed by atoms with Crippen molar-refractivity contribution in [2.75, 3.05) is 0 Å². The summed E-state index contributed by atoms with van der Waals surface area (Å²) in [5.74, 6) is 2.68. The fourth-order valence-electron chi connectivity index (χ4n) is 1.10. The Hall–Kier alpha value is -1.22. The van der Waals surface area contributed by atoms with E-state index in [0.717, 1.165) is 16.7 Å². The smallest absolute Gasteiger partial charge is 0.0304 e. The molecule has 0 bridgehead atoms. The van der Waals surface area contributed by atoms with Gasteiger partial charge in [-0.15, -0.1) is 6.42 Å². The number of rotatable bonds is 0. The van der Waals surface area contributed by atoms with Gasteiger partial charge in [0.05, 0.1) is 0 Å². The number of terminal acetylenes is 1. The summed E-state index contributed by atoms with van der Waals surface area (Å²) in [4.78, 5) is 0. The van der Waals surface area contributed by atoms with Gasteiger partial charge in [0.2, 0.25) is 0 Å². The largest absolute Gasteiger partial charge is 0.115 e. The molecule has 0 unspecified atom stereocenters. The maximum Gasteiger partial charge on any atom is 0.0304 e. The van der Waals surface area contributed by atoms with E-state index in [1.54, 1.807) is 0 Å². The molecule has 0 aliphatic rings. The molecule has 0 nitrogen and oxygen atoms in total. The SMILES string of the molecule is C#Cc1c(C)c[c]c(C)c1C. The molecule has 0 fully saturated rings. The molecule has 0 aliphatic carbocycles. The van der Waals surface area contributed by atoms with Crippen LogP contribution in [-0.4, -0.2) is 0 Å². The topological polar surface area (TPSA) is 0 Å². The van der Waals surface area contributed by atoms with Gasteiger partial charge in [-0.1, -0.05) is 5.92 Å². The van der Waals surface area contributed by atoms with Gasteiger partial charge < -0.3 is 0 Å². The minimum Gasteiger partial charge on any atom is -0.115 e. The van der Waals surface area contributed by atoms with Crippen LogP contribution in [0, 0.1) is 39.2 Å². The highest BCUT2D eigenvalue weighted by molar-refractivity contribution is 5.47. The minimum absolute atomic E-state index is 1.02. The lowest BCUT2D eigenvalue weighted by Crippen LogP contribution is -1.90. The predicted octanol–water partition coefficient (Wildman–Crippen LogP) is 2.39. The Kier molecular flexibility index (Phi) is 2.01. The van der Waals surface area contributed by atoms with Crippen LogP contribution >= 0.6 is 0 Å². The van der Waals surface area contributed by atoms with E-state index in [1.807, 2.05) is 26.8 Å². The van der Waals surface area contributed by atoms with Crippen molar-refractivity contribution in [2.24, 2.45) is 0 Å². The molecule has 0 atom stereocenters. The lowest BCUT2D eigenvalue weighted by Gasteiger charge is -2.04. The van der Waals surface area contributed by atoms with Gasteiger partial charge in [-0.2, -0.15) is 0 Å². The lowest BCUT2D eigenvalue weighted by atomic mass is 9.99. The minimum atomic E-state index is 1.02. The average Bonchev–Trinajstić information content (AvgIpc) is 1.99. The molecule has 0 N–H and O–H groups in total. The number of hydrogen-bond donors (Lipinski definition) is 0. The molecule has 1 rings (SSSR count). The zero-order chi connectivity index (χ0) is 8.43. The second-order valence-corrected chi connectivity index (χ2v) is 2.74. The molecule has 0 amide bonds. The molecule has 1 radical (unpaired) electrons. The van der Waals surface area contributed by atoms with E-state index in [2.05, 4.69) is 12.0 Å². The third-order valence-electron chi connectivity index (χ3n) is 1.98. The maximum absolute atomic E-state index is 5.36. The summed E-state index contributed by atoms with van der Waals surface area (Å²) >= 11 is 0. The summed E-state index contributed by atoms with van der Waals surface area (Å²) in [6.07, 6.45) is 5.36. The van der Waals surface area contributed by atoms with Gasteiger partial charge in [-0.25, -0.2) is 0 Å². The van der Waals surface area contributed by atoms with Crippen molar-refractivity contribution in [1.29, 1.82) is 0 Å². The second kappa shape index (κ2) is 2.80. The first-order valence-corrected chi connectivity index (χ1v) is 3.62. The molecule has 1 aromatic carbocycles. The van der Waals surface area contributed by atoms with E-state index in [-0.39, 0.29) is 0 Å². The van der Waals surface area contributed by atoms with Crippen molar-refractivity contribution in [1.82, 2.24) is 0 Å². The molecule has 0 aromatic heterocycles. The molecule has 55 valence electrons. The normalized spacial score (nSPS) is 9.27. The molecule has 0 heterocycles. The Labute approximate surface area is 68.3 Å². The van der Waals surface area contributed by atoms with Crippen molar-refractivity contribution < 1.29 is 0 Å². The van der Waals surface area contributed by atoms with Crippen molar-refractivity contribution >= 4 is 0 Å². The molecule has 0 aliphatic heterocycles. The molecule has 0 saturated heterocycles. The third kappa shape index (κ3) is 1.28. The van der Waals surface area contributed by atoms with Crippen LogP contribution in [0.1, 0.15) is 22.3 Å². The highest BCUT2D eigenvalue weighted by Gasteiger charge is 2.00. The van der Waals surface area contributed by atoms with Gasteiger partial charge in [0.15, 0.2) is 0 Å². The van der Waals surface area contributed by atoms with E-state index >= 15 is 0 Å². The fourth-order valence-corrected chi connectivity index (χ4v) is 1.10. The highest BCUT2D eigenvalue weighted by Crippen LogP contribution is 2.15. The van der Waals surface area contributed by atoms with Crippen LogP contribution in [-0.2, 0) is 0 Å². The Morgan fingerprint density at radius 3 is 2.45 bits per heavy atom. The summed E-state index contributed by atoms with van der Waals surface area (Å²) in [5.41, 5.74) is 4.47. The second-order valence-electron chi connectivity index (χ2n) is 2.74. The first-order valence-electron chi connectivity index (χ1n) is 3.62. The fraction of sp³-hybridized carbons (Fsp3) is 0.273. The molecule has 0 heteroatoms. The standard InChI is InChI=1S/C11H11/c1-5-11-9(3)7-6-8(2)10(11)4/h1,7H,2-4H3. The van der Waals surface area contributed by atoms with Crippen molar-refractivity contribution in [3.63, 3.8) is 0 Å². The number of aryl methyl sites for hydroxylation is 2. The van der Waals surface area contributed by atoms with E-state index in [1.165, 1.54) is 5.56 Å². The number of hydrogen-bond acceptors (Lipinski definition) is 0. The summed E-state index contributed by atoms with van der Waals surface area (Å²) in [7, 11) is 0. The Morgan fingerprint density at radius 1 is 1.36 bits per heavy atom. The molecule has 11 heavy (non-hydrogen) atoms. The zero-order valence-corrected chi connectivity index (χ0v) is 7.15. The first kappa shape index (κ1) is 7.88. The van der Waals surface area contributed by atoms with Gasteiger partial charge in [0, 0.05) is 5.56 Å². The zero-order valence-electron chi connectivity index (χ0n) is 7.15. The van der Waals surface area contributed by atoms with E-state index < -0.39 is 0 Å². The van der Waals surface area contributed by atoms with Crippen LogP contribution in [0.15, 0.2) is 6.07 Å². The summed E-state index contributed by atoms with van der Waals surface area (Å²) < 4.78 is 0. The first-order chi connectivity index (χ1) is 5.16. The molecule has 1 aromatic rings. The maximum atomic E-state index is 5.36. The lowest BCUT2D eigenvalue weighted by molar-refractivity contribution is 1.27. The summed E-state index contributed by atoms with van der Waals surface area (Å²) in [6.45, 7) is 6.07. The predicted molar refractivity (Wildman–Crippen MR) is 47.4 cm³/mol. The summed E-state index contributed by atoms with van der Waals surface area (Å²) in [6, 6.07) is 5.09. The van der Waals surface area contributed by atoms with Crippen molar-refractivity contribution in [3.05, 3.63) is 34.4 Å².